The lowest BCUT2D eigenvalue weighted by Gasteiger charge is -1.97. The molecule has 0 amide bonds. The van der Waals surface area contributed by atoms with Crippen LogP contribution < -0.4 is 4.90 Å². The first-order chi connectivity index (χ1) is 6.86. The lowest BCUT2D eigenvalue weighted by molar-refractivity contribution is -0.807. The van der Waals surface area contributed by atoms with Gasteiger partial charge in [-0.25, -0.2) is 0 Å². The largest absolute Gasteiger partial charge is 0.359 e. The summed E-state index contributed by atoms with van der Waals surface area (Å²) < 4.78 is 4.35. The van der Waals surface area contributed by atoms with Crippen LogP contribution in [0.25, 0.3) is 0 Å². The molecule has 1 aromatic heterocycles. The second kappa shape index (κ2) is 4.15. The second-order valence-electron chi connectivity index (χ2n) is 2.67. The van der Waals surface area contributed by atoms with Gasteiger partial charge in [-0.2, -0.15) is 0 Å². The molecule has 0 aliphatic heterocycles. The van der Waals surface area contributed by atoms with E-state index in [0.717, 1.165) is 4.90 Å². The van der Waals surface area contributed by atoms with Crippen molar-refractivity contribution in [2.24, 2.45) is 0 Å². The van der Waals surface area contributed by atoms with Crippen LogP contribution in [0.3, 0.4) is 0 Å². The Bertz CT molecular complexity index is 402. The van der Waals surface area contributed by atoms with Gasteiger partial charge in [0.1, 0.15) is 0 Å². The SMILES string of the molecule is [O-][n+]1oncc1CSc1ccccc1. The van der Waals surface area contributed by atoms with Crippen LogP contribution in [-0.4, -0.2) is 5.16 Å². The molecule has 0 saturated carbocycles. The monoisotopic (exact) mass is 208 g/mol. The summed E-state index contributed by atoms with van der Waals surface area (Å²) in [5.74, 6) is 0.566. The summed E-state index contributed by atoms with van der Waals surface area (Å²) in [6.45, 7) is 0. The molecule has 4 nitrogen and oxygen atoms in total. The molecule has 1 aromatic carbocycles. The number of thioether (sulfide) groups is 1. The molecule has 14 heavy (non-hydrogen) atoms. The van der Waals surface area contributed by atoms with Gasteiger partial charge < -0.3 is 5.21 Å². The Labute approximate surface area is 85.1 Å². The van der Waals surface area contributed by atoms with Crippen molar-refractivity contribution in [2.75, 3.05) is 0 Å². The van der Waals surface area contributed by atoms with Gasteiger partial charge in [0.25, 0.3) is 0 Å². The van der Waals surface area contributed by atoms with E-state index in [1.165, 1.54) is 6.20 Å². The quantitative estimate of drug-likeness (QED) is 0.568. The Morgan fingerprint density at radius 3 is 2.79 bits per heavy atom. The minimum Gasteiger partial charge on any atom is -0.359 e. The van der Waals surface area contributed by atoms with Crippen molar-refractivity contribution in [2.45, 2.75) is 10.6 Å². The van der Waals surface area contributed by atoms with E-state index >= 15 is 0 Å². The molecular weight excluding hydrogens is 200 g/mol. The van der Waals surface area contributed by atoms with Crippen LogP contribution in [0.15, 0.2) is 46.1 Å². The average Bonchev–Trinajstić information content (AvgIpc) is 2.63. The first-order valence-corrected chi connectivity index (χ1v) is 5.06. The second-order valence-corrected chi connectivity index (χ2v) is 3.72. The molecule has 0 aliphatic rings. The van der Waals surface area contributed by atoms with Crippen LogP contribution >= 0.6 is 11.8 Å². The van der Waals surface area contributed by atoms with Crippen molar-refractivity contribution in [1.29, 1.82) is 0 Å². The van der Waals surface area contributed by atoms with E-state index in [0.29, 0.717) is 16.3 Å². The molecule has 0 radical (unpaired) electrons. The highest BCUT2D eigenvalue weighted by Crippen LogP contribution is 2.20. The summed E-state index contributed by atoms with van der Waals surface area (Å²) in [6, 6.07) is 9.86. The highest BCUT2D eigenvalue weighted by atomic mass is 32.2. The third-order valence-electron chi connectivity index (χ3n) is 1.69. The van der Waals surface area contributed by atoms with Gasteiger partial charge in [0.15, 0.2) is 0 Å². The number of nitrogens with zero attached hydrogens (tertiary/aromatic N) is 2. The number of rotatable bonds is 3. The molecule has 0 bridgehead atoms. The number of hydrogen-bond donors (Lipinski definition) is 0. The lowest BCUT2D eigenvalue weighted by Crippen LogP contribution is -2.27. The lowest BCUT2D eigenvalue weighted by atomic mass is 10.4. The van der Waals surface area contributed by atoms with Gasteiger partial charge in [-0.15, -0.1) is 11.8 Å². The summed E-state index contributed by atoms with van der Waals surface area (Å²) in [6.07, 6.45) is 1.43. The predicted molar refractivity (Wildman–Crippen MR) is 51.5 cm³/mol. The first kappa shape index (κ1) is 9.08. The molecule has 2 rings (SSSR count). The zero-order valence-corrected chi connectivity index (χ0v) is 8.11. The van der Waals surface area contributed by atoms with Crippen molar-refractivity contribution in [3.63, 3.8) is 0 Å². The van der Waals surface area contributed by atoms with Crippen molar-refractivity contribution in [3.05, 3.63) is 47.4 Å². The minimum absolute atomic E-state index is 0.427. The van der Waals surface area contributed by atoms with Gasteiger partial charge in [-0.05, 0) is 17.0 Å². The molecule has 0 unspecified atom stereocenters. The summed E-state index contributed by atoms with van der Waals surface area (Å²) in [5.41, 5.74) is 0.527. The fourth-order valence-corrected chi connectivity index (χ4v) is 1.83. The highest BCUT2D eigenvalue weighted by Gasteiger charge is 2.06. The third-order valence-corrected chi connectivity index (χ3v) is 2.73. The Hall–Kier alpha value is -1.49. The van der Waals surface area contributed by atoms with Crippen LogP contribution in [0.2, 0.25) is 0 Å². The topological polar surface area (TPSA) is 53.0 Å². The predicted octanol–water partition coefficient (Wildman–Crippen LogP) is 1.60. The van der Waals surface area contributed by atoms with Gasteiger partial charge in [0.2, 0.25) is 11.9 Å². The molecular formula is C9H8N2O2S. The smallest absolute Gasteiger partial charge is 0.209 e. The maximum Gasteiger partial charge on any atom is 0.209 e. The van der Waals surface area contributed by atoms with E-state index < -0.39 is 0 Å². The Kier molecular flexibility index (Phi) is 2.69. The summed E-state index contributed by atoms with van der Waals surface area (Å²) in [5, 5.41) is 14.3. The fourth-order valence-electron chi connectivity index (χ4n) is 0.991. The van der Waals surface area contributed by atoms with Crippen LogP contribution in [-0.2, 0) is 5.75 Å². The van der Waals surface area contributed by atoms with E-state index in [9.17, 15) is 5.21 Å². The maximum atomic E-state index is 10.9. The van der Waals surface area contributed by atoms with Gasteiger partial charge in [0.05, 0.1) is 5.75 Å². The number of aromatic nitrogens is 2. The zero-order valence-electron chi connectivity index (χ0n) is 7.29. The summed E-state index contributed by atoms with van der Waals surface area (Å²) in [4.78, 5) is 1.55. The first-order valence-electron chi connectivity index (χ1n) is 4.08. The minimum atomic E-state index is 0.427. The van der Waals surface area contributed by atoms with E-state index in [2.05, 4.69) is 9.79 Å². The molecule has 0 N–H and O–H groups in total. The Balaban J connectivity index is 1.99. The maximum absolute atomic E-state index is 10.9. The van der Waals surface area contributed by atoms with Crippen molar-refractivity contribution in [3.8, 4) is 0 Å². The molecule has 0 atom stereocenters. The normalized spacial score (nSPS) is 10.3. The molecule has 0 aliphatic carbocycles. The zero-order chi connectivity index (χ0) is 9.80. The summed E-state index contributed by atoms with van der Waals surface area (Å²) >= 11 is 1.57. The van der Waals surface area contributed by atoms with Gasteiger partial charge in [-0.1, -0.05) is 18.2 Å². The van der Waals surface area contributed by atoms with E-state index in [1.807, 2.05) is 30.3 Å². The van der Waals surface area contributed by atoms with E-state index in [4.69, 9.17) is 0 Å². The third kappa shape index (κ3) is 2.05. The molecule has 0 fully saturated rings. The molecule has 72 valence electrons. The van der Waals surface area contributed by atoms with E-state index in [-0.39, 0.29) is 0 Å². The Morgan fingerprint density at radius 2 is 2.14 bits per heavy atom. The van der Waals surface area contributed by atoms with Crippen LogP contribution in [0, 0.1) is 5.21 Å². The standard InChI is InChI=1S/C9H8N2O2S/c12-11-8(6-10-13-11)7-14-9-4-2-1-3-5-9/h1-6H,7H2. The average molecular weight is 208 g/mol. The van der Waals surface area contributed by atoms with Crippen molar-refractivity contribution < 1.29 is 9.53 Å². The van der Waals surface area contributed by atoms with Crippen LogP contribution in [0.5, 0.6) is 0 Å². The van der Waals surface area contributed by atoms with Gasteiger partial charge >= 0.3 is 0 Å². The summed E-state index contributed by atoms with van der Waals surface area (Å²) in [7, 11) is 0. The number of hydrogen-bond acceptors (Lipinski definition) is 4. The van der Waals surface area contributed by atoms with Gasteiger partial charge in [-0.3, -0.25) is 4.63 Å². The molecule has 0 saturated heterocycles. The van der Waals surface area contributed by atoms with Crippen molar-refractivity contribution >= 4 is 11.8 Å². The highest BCUT2D eigenvalue weighted by molar-refractivity contribution is 7.98. The van der Waals surface area contributed by atoms with Crippen LogP contribution in [0.1, 0.15) is 5.69 Å². The number of benzene rings is 1. The van der Waals surface area contributed by atoms with Gasteiger partial charge in [0, 0.05) is 10.1 Å². The van der Waals surface area contributed by atoms with E-state index in [1.54, 1.807) is 11.8 Å². The molecule has 0 spiro atoms. The molecule has 5 heteroatoms. The fraction of sp³-hybridized carbons (Fsp3) is 0.111. The molecule has 2 aromatic rings. The Morgan fingerprint density at radius 1 is 1.36 bits per heavy atom. The van der Waals surface area contributed by atoms with Crippen LogP contribution in [0.4, 0.5) is 0 Å². The molecule has 1 heterocycles. The van der Waals surface area contributed by atoms with Crippen molar-refractivity contribution in [1.82, 2.24) is 5.16 Å².